The molecule has 114 valence electrons. The summed E-state index contributed by atoms with van der Waals surface area (Å²) in [7, 11) is 0. The van der Waals surface area contributed by atoms with E-state index in [9.17, 15) is 9.18 Å². The Morgan fingerprint density at radius 2 is 1.95 bits per heavy atom. The molecule has 2 aromatic rings. The molecule has 0 unspecified atom stereocenters. The van der Waals surface area contributed by atoms with Gasteiger partial charge in [-0.1, -0.05) is 30.3 Å². The first-order valence-electron chi connectivity index (χ1n) is 7.63. The number of ether oxygens (including phenoxy) is 1. The summed E-state index contributed by atoms with van der Waals surface area (Å²) in [5, 5.41) is 4.46. The van der Waals surface area contributed by atoms with Gasteiger partial charge in [-0.25, -0.2) is 13.9 Å². The number of aromatic nitrogens is 3. The van der Waals surface area contributed by atoms with Crippen LogP contribution in [0, 0.1) is 0 Å². The first-order chi connectivity index (χ1) is 10.6. The fourth-order valence-electron chi connectivity index (χ4n) is 4.23. The highest BCUT2D eigenvalue weighted by atomic mass is 19.1. The molecule has 0 N–H and O–H groups in total. The summed E-state index contributed by atoms with van der Waals surface area (Å²) >= 11 is 0. The van der Waals surface area contributed by atoms with E-state index in [1.807, 2.05) is 30.3 Å². The molecule has 6 rings (SSSR count). The second kappa shape index (κ2) is 3.87. The zero-order valence-electron chi connectivity index (χ0n) is 12.0. The normalized spacial score (nSPS) is 35.4. The van der Waals surface area contributed by atoms with Crippen LogP contribution in [-0.2, 0) is 16.9 Å². The molecule has 1 aromatic carbocycles. The van der Waals surface area contributed by atoms with E-state index in [1.54, 1.807) is 4.57 Å². The average molecular weight is 301 g/mol. The van der Waals surface area contributed by atoms with E-state index < -0.39 is 5.67 Å². The fourth-order valence-corrected chi connectivity index (χ4v) is 4.23. The van der Waals surface area contributed by atoms with Gasteiger partial charge in [0.1, 0.15) is 12.3 Å². The number of halogens is 1. The molecule has 1 aromatic heterocycles. The largest absolute Gasteiger partial charge is 0.371 e. The molecule has 1 atom stereocenters. The first-order valence-corrected chi connectivity index (χ1v) is 7.63. The van der Waals surface area contributed by atoms with Crippen LogP contribution >= 0.6 is 0 Å². The van der Waals surface area contributed by atoms with Crippen molar-refractivity contribution in [3.05, 3.63) is 52.2 Å². The van der Waals surface area contributed by atoms with Gasteiger partial charge in [-0.15, -0.1) is 0 Å². The van der Waals surface area contributed by atoms with Gasteiger partial charge in [0, 0.05) is 19.3 Å². The van der Waals surface area contributed by atoms with Crippen LogP contribution in [0.15, 0.2) is 35.1 Å². The lowest BCUT2D eigenvalue weighted by atomic mass is 9.47. The van der Waals surface area contributed by atoms with Gasteiger partial charge in [-0.2, -0.15) is 5.10 Å². The number of nitrogens with zero attached hydrogens (tertiary/aromatic N) is 3. The second-order valence-corrected chi connectivity index (χ2v) is 6.83. The predicted molar refractivity (Wildman–Crippen MR) is 76.4 cm³/mol. The van der Waals surface area contributed by atoms with E-state index in [1.165, 1.54) is 4.68 Å². The number of hydrogen-bond donors (Lipinski definition) is 0. The van der Waals surface area contributed by atoms with E-state index in [-0.39, 0.29) is 17.3 Å². The predicted octanol–water partition coefficient (Wildman–Crippen LogP) is 1.77. The Morgan fingerprint density at radius 1 is 1.23 bits per heavy atom. The zero-order chi connectivity index (χ0) is 14.9. The Kier molecular flexibility index (Phi) is 2.21. The van der Waals surface area contributed by atoms with Crippen LogP contribution in [0.2, 0.25) is 0 Å². The molecule has 0 saturated heterocycles. The third-order valence-corrected chi connectivity index (χ3v) is 5.27. The SMILES string of the molecule is O=c1n(C23CC(F)(C2)C3)nc2n1[C@H](c1ccccc1)COC2. The third-order valence-electron chi connectivity index (χ3n) is 5.27. The van der Waals surface area contributed by atoms with Crippen LogP contribution in [0.25, 0.3) is 0 Å². The molecule has 6 heteroatoms. The smallest absolute Gasteiger partial charge is 0.347 e. The summed E-state index contributed by atoms with van der Waals surface area (Å²) in [6, 6.07) is 9.68. The lowest BCUT2D eigenvalue weighted by Gasteiger charge is -2.64. The quantitative estimate of drug-likeness (QED) is 0.849. The summed E-state index contributed by atoms with van der Waals surface area (Å²) in [5.74, 6) is 0.641. The topological polar surface area (TPSA) is 49.0 Å². The lowest BCUT2D eigenvalue weighted by molar-refractivity contribution is -0.205. The molecule has 1 aliphatic heterocycles. The van der Waals surface area contributed by atoms with Gasteiger partial charge < -0.3 is 4.74 Å². The maximum atomic E-state index is 13.8. The number of fused-ring (bicyclic) bond motifs is 1. The van der Waals surface area contributed by atoms with Crippen molar-refractivity contribution in [3.8, 4) is 0 Å². The van der Waals surface area contributed by atoms with Gasteiger partial charge in [0.15, 0.2) is 5.82 Å². The Bertz CT molecular complexity index is 791. The van der Waals surface area contributed by atoms with Crippen molar-refractivity contribution >= 4 is 0 Å². The second-order valence-electron chi connectivity index (χ2n) is 6.83. The molecular formula is C16H16FN3O2. The van der Waals surface area contributed by atoms with Crippen LogP contribution in [0.3, 0.4) is 0 Å². The summed E-state index contributed by atoms with van der Waals surface area (Å²) in [5.41, 5.74) is -0.519. The Morgan fingerprint density at radius 3 is 2.64 bits per heavy atom. The van der Waals surface area contributed by atoms with Crippen LogP contribution in [0.1, 0.15) is 36.7 Å². The van der Waals surface area contributed by atoms with Crippen molar-refractivity contribution in [3.63, 3.8) is 0 Å². The van der Waals surface area contributed by atoms with Crippen molar-refractivity contribution in [1.82, 2.24) is 14.3 Å². The first kappa shape index (κ1) is 12.6. The molecule has 5 nitrogen and oxygen atoms in total. The third kappa shape index (κ3) is 1.46. The van der Waals surface area contributed by atoms with E-state index in [0.29, 0.717) is 38.3 Å². The molecule has 4 aliphatic rings. The molecule has 3 saturated carbocycles. The molecule has 22 heavy (non-hydrogen) atoms. The Labute approximate surface area is 126 Å². The molecule has 0 spiro atoms. The van der Waals surface area contributed by atoms with Gasteiger partial charge in [-0.3, -0.25) is 4.57 Å². The van der Waals surface area contributed by atoms with Gasteiger partial charge in [0.05, 0.1) is 18.2 Å². The van der Waals surface area contributed by atoms with Crippen molar-refractivity contribution < 1.29 is 9.13 Å². The molecule has 0 radical (unpaired) electrons. The summed E-state index contributed by atoms with van der Waals surface area (Å²) in [6.07, 6.45) is 1.27. The van der Waals surface area contributed by atoms with Crippen LogP contribution in [0.5, 0.6) is 0 Å². The van der Waals surface area contributed by atoms with Gasteiger partial charge in [0.25, 0.3) is 0 Å². The van der Waals surface area contributed by atoms with Crippen molar-refractivity contribution in [2.45, 2.75) is 43.1 Å². The fraction of sp³-hybridized carbons (Fsp3) is 0.500. The average Bonchev–Trinajstić information content (AvgIpc) is 2.81. The van der Waals surface area contributed by atoms with Crippen molar-refractivity contribution in [2.75, 3.05) is 6.61 Å². The molecule has 0 amide bonds. The highest BCUT2D eigenvalue weighted by Gasteiger charge is 2.71. The van der Waals surface area contributed by atoms with Crippen LogP contribution < -0.4 is 5.69 Å². The van der Waals surface area contributed by atoms with Gasteiger partial charge in [0.2, 0.25) is 0 Å². The summed E-state index contributed by atoms with van der Waals surface area (Å²) in [6.45, 7) is 0.797. The minimum absolute atomic E-state index is 0.131. The molecule has 3 fully saturated rings. The van der Waals surface area contributed by atoms with E-state index >= 15 is 0 Å². The number of rotatable bonds is 2. The van der Waals surface area contributed by atoms with E-state index in [2.05, 4.69) is 5.10 Å². The minimum Gasteiger partial charge on any atom is -0.371 e. The lowest BCUT2D eigenvalue weighted by Crippen LogP contribution is -2.72. The Hall–Kier alpha value is -1.95. The highest BCUT2D eigenvalue weighted by Crippen LogP contribution is 2.66. The zero-order valence-corrected chi connectivity index (χ0v) is 12.0. The maximum absolute atomic E-state index is 13.8. The maximum Gasteiger partial charge on any atom is 0.347 e. The highest BCUT2D eigenvalue weighted by molar-refractivity contribution is 5.24. The molecule has 3 aliphatic carbocycles. The van der Waals surface area contributed by atoms with Crippen molar-refractivity contribution in [2.24, 2.45) is 0 Å². The monoisotopic (exact) mass is 301 g/mol. The number of alkyl halides is 1. The number of benzene rings is 1. The van der Waals surface area contributed by atoms with Crippen molar-refractivity contribution in [1.29, 1.82) is 0 Å². The van der Waals surface area contributed by atoms with Crippen LogP contribution in [-0.4, -0.2) is 26.6 Å². The number of hydrogen-bond acceptors (Lipinski definition) is 3. The standard InChI is InChI=1S/C16H16FN3O2/c17-15-8-16(9-15,10-15)20-14(21)19-12(6-22-7-13(19)18-20)11-4-2-1-3-5-11/h1-5,12H,6-10H2/t12-,15?,16?/m0/s1. The Balaban J connectivity index is 1.61. The minimum atomic E-state index is -1.04. The van der Waals surface area contributed by atoms with Crippen LogP contribution in [0.4, 0.5) is 4.39 Å². The van der Waals surface area contributed by atoms with E-state index in [0.717, 1.165) is 5.56 Å². The summed E-state index contributed by atoms with van der Waals surface area (Å²) < 4.78 is 22.7. The molecular weight excluding hydrogens is 285 g/mol. The van der Waals surface area contributed by atoms with Gasteiger partial charge in [-0.05, 0) is 5.56 Å². The summed E-state index contributed by atoms with van der Waals surface area (Å²) in [4.78, 5) is 12.9. The molecule has 2 heterocycles. The van der Waals surface area contributed by atoms with E-state index in [4.69, 9.17) is 4.74 Å². The molecule has 2 bridgehead atoms. The van der Waals surface area contributed by atoms with Gasteiger partial charge >= 0.3 is 5.69 Å².